The molecule has 1 amide bonds. The van der Waals surface area contributed by atoms with Crippen LogP contribution in [0.25, 0.3) is 0 Å². The van der Waals surface area contributed by atoms with Crippen molar-refractivity contribution in [3.05, 3.63) is 70.7 Å². The standard InChI is InChI=1S/C15H13ClN2O2/c16-13-8-4-5-11(9-13)10-17-18-15(20)14(19)12-6-2-1-3-7-12/h1-10,14,19H,(H,18,20)/b17-10-/t14-/m1/s1. The first-order chi connectivity index (χ1) is 9.66. The van der Waals surface area contributed by atoms with Crippen molar-refractivity contribution < 1.29 is 9.90 Å². The van der Waals surface area contributed by atoms with Crippen LogP contribution in [0, 0.1) is 0 Å². The number of rotatable bonds is 4. The fourth-order valence-electron chi connectivity index (χ4n) is 1.61. The number of nitrogens with one attached hydrogen (secondary N) is 1. The van der Waals surface area contributed by atoms with Gasteiger partial charge in [-0.25, -0.2) is 5.43 Å². The van der Waals surface area contributed by atoms with Gasteiger partial charge in [0.25, 0.3) is 5.91 Å². The van der Waals surface area contributed by atoms with Crippen molar-refractivity contribution in [2.24, 2.45) is 5.10 Å². The number of amides is 1. The fraction of sp³-hybridized carbons (Fsp3) is 0.0667. The number of hydrazone groups is 1. The SMILES string of the molecule is O=C(N/N=C\c1cccc(Cl)c1)[C@H](O)c1ccccc1. The first kappa shape index (κ1) is 14.2. The second-order valence-corrected chi connectivity index (χ2v) is 4.54. The Morgan fingerprint density at radius 1 is 1.20 bits per heavy atom. The Balaban J connectivity index is 1.95. The van der Waals surface area contributed by atoms with Crippen molar-refractivity contribution >= 4 is 23.7 Å². The maximum atomic E-state index is 11.7. The molecule has 4 nitrogen and oxygen atoms in total. The molecule has 0 unspecified atom stereocenters. The van der Waals surface area contributed by atoms with Crippen LogP contribution in [-0.4, -0.2) is 17.2 Å². The van der Waals surface area contributed by atoms with E-state index < -0.39 is 12.0 Å². The van der Waals surface area contributed by atoms with E-state index in [2.05, 4.69) is 10.5 Å². The lowest BCUT2D eigenvalue weighted by Gasteiger charge is -2.08. The summed E-state index contributed by atoms with van der Waals surface area (Å²) >= 11 is 5.83. The Morgan fingerprint density at radius 3 is 2.65 bits per heavy atom. The third kappa shape index (κ3) is 3.91. The minimum absolute atomic E-state index is 0.517. The van der Waals surface area contributed by atoms with Crippen LogP contribution >= 0.6 is 11.6 Å². The van der Waals surface area contributed by atoms with Gasteiger partial charge in [-0.2, -0.15) is 5.10 Å². The van der Waals surface area contributed by atoms with E-state index in [0.29, 0.717) is 10.6 Å². The van der Waals surface area contributed by atoms with Crippen LogP contribution in [0.5, 0.6) is 0 Å². The van der Waals surface area contributed by atoms with E-state index in [4.69, 9.17) is 11.6 Å². The summed E-state index contributed by atoms with van der Waals surface area (Å²) in [6, 6.07) is 15.7. The number of aliphatic hydroxyl groups is 1. The zero-order valence-corrected chi connectivity index (χ0v) is 11.3. The summed E-state index contributed by atoms with van der Waals surface area (Å²) in [5, 5.41) is 14.2. The van der Waals surface area contributed by atoms with Crippen molar-refractivity contribution in [1.29, 1.82) is 0 Å². The van der Waals surface area contributed by atoms with Gasteiger partial charge in [-0.15, -0.1) is 0 Å². The van der Waals surface area contributed by atoms with Gasteiger partial charge in [0.15, 0.2) is 6.10 Å². The summed E-state index contributed by atoms with van der Waals surface area (Å²) in [5.74, 6) is -0.588. The van der Waals surface area contributed by atoms with E-state index in [-0.39, 0.29) is 0 Å². The lowest BCUT2D eigenvalue weighted by molar-refractivity contribution is -0.129. The largest absolute Gasteiger partial charge is 0.378 e. The monoisotopic (exact) mass is 288 g/mol. The summed E-state index contributed by atoms with van der Waals surface area (Å²) in [4.78, 5) is 11.7. The molecule has 0 spiro atoms. The molecular formula is C15H13ClN2O2. The molecule has 1 atom stereocenters. The second kappa shape index (κ2) is 6.84. The normalized spacial score (nSPS) is 12.3. The maximum Gasteiger partial charge on any atom is 0.273 e. The van der Waals surface area contributed by atoms with E-state index in [9.17, 15) is 9.90 Å². The van der Waals surface area contributed by atoms with Crippen LogP contribution in [0.3, 0.4) is 0 Å². The Bertz CT molecular complexity index is 614. The van der Waals surface area contributed by atoms with E-state index >= 15 is 0 Å². The Hall–Kier alpha value is -2.17. The lowest BCUT2D eigenvalue weighted by Crippen LogP contribution is -2.25. The van der Waals surface area contributed by atoms with Crippen molar-refractivity contribution in [2.45, 2.75) is 6.10 Å². The van der Waals surface area contributed by atoms with Gasteiger partial charge in [-0.05, 0) is 23.3 Å². The molecule has 2 aromatic carbocycles. The molecule has 0 aliphatic carbocycles. The van der Waals surface area contributed by atoms with Gasteiger partial charge in [-0.1, -0.05) is 54.1 Å². The van der Waals surface area contributed by atoms with Crippen molar-refractivity contribution in [2.75, 3.05) is 0 Å². The van der Waals surface area contributed by atoms with Crippen LogP contribution in [0.4, 0.5) is 0 Å². The van der Waals surface area contributed by atoms with Crippen LogP contribution in [-0.2, 0) is 4.79 Å². The Morgan fingerprint density at radius 2 is 1.95 bits per heavy atom. The molecule has 0 saturated heterocycles. The first-order valence-corrected chi connectivity index (χ1v) is 6.36. The molecule has 20 heavy (non-hydrogen) atoms. The van der Waals surface area contributed by atoms with Crippen molar-refractivity contribution in [1.82, 2.24) is 5.43 Å². The van der Waals surface area contributed by atoms with Gasteiger partial charge in [0.1, 0.15) is 0 Å². The van der Waals surface area contributed by atoms with E-state index in [0.717, 1.165) is 5.56 Å². The Kier molecular flexibility index (Phi) is 4.87. The first-order valence-electron chi connectivity index (χ1n) is 5.98. The summed E-state index contributed by atoms with van der Waals surface area (Å²) in [6.07, 6.45) is 0.217. The van der Waals surface area contributed by atoms with Crippen molar-refractivity contribution in [3.8, 4) is 0 Å². The summed E-state index contributed by atoms with van der Waals surface area (Å²) < 4.78 is 0. The molecule has 102 valence electrons. The van der Waals surface area contributed by atoms with Crippen LogP contribution in [0.1, 0.15) is 17.2 Å². The van der Waals surface area contributed by atoms with Crippen LogP contribution in [0.2, 0.25) is 5.02 Å². The fourth-order valence-corrected chi connectivity index (χ4v) is 1.80. The van der Waals surface area contributed by atoms with Crippen LogP contribution in [0.15, 0.2) is 59.7 Å². The third-order valence-corrected chi connectivity index (χ3v) is 2.84. The minimum Gasteiger partial charge on any atom is -0.378 e. The summed E-state index contributed by atoms with van der Waals surface area (Å²) in [6.45, 7) is 0. The number of hydrogen-bond acceptors (Lipinski definition) is 3. The molecule has 0 saturated carbocycles. The Labute approximate surface area is 121 Å². The molecule has 0 aromatic heterocycles. The van der Waals surface area contributed by atoms with E-state index in [1.54, 1.807) is 48.5 Å². The summed E-state index contributed by atoms with van der Waals surface area (Å²) in [7, 11) is 0. The number of benzene rings is 2. The molecule has 2 aromatic rings. The number of carbonyl (C=O) groups is 1. The van der Waals surface area contributed by atoms with Gasteiger partial charge in [0.05, 0.1) is 6.21 Å². The smallest absolute Gasteiger partial charge is 0.273 e. The zero-order chi connectivity index (χ0) is 14.4. The molecule has 2 N–H and O–H groups in total. The number of carbonyl (C=O) groups excluding carboxylic acids is 1. The van der Waals surface area contributed by atoms with E-state index in [1.807, 2.05) is 6.07 Å². The quantitative estimate of drug-likeness (QED) is 0.671. The molecular weight excluding hydrogens is 276 g/mol. The highest BCUT2D eigenvalue weighted by Gasteiger charge is 2.15. The number of hydrogen-bond donors (Lipinski definition) is 2. The average Bonchev–Trinajstić information content (AvgIpc) is 2.47. The zero-order valence-electron chi connectivity index (χ0n) is 10.5. The number of aliphatic hydroxyl groups excluding tert-OH is 1. The predicted octanol–water partition coefficient (Wildman–Crippen LogP) is 2.52. The maximum absolute atomic E-state index is 11.7. The molecule has 0 bridgehead atoms. The van der Waals surface area contributed by atoms with Gasteiger partial charge < -0.3 is 5.11 Å². The lowest BCUT2D eigenvalue weighted by atomic mass is 10.1. The van der Waals surface area contributed by atoms with Gasteiger partial charge in [0, 0.05) is 5.02 Å². The minimum atomic E-state index is -1.24. The predicted molar refractivity (Wildman–Crippen MR) is 78.6 cm³/mol. The highest BCUT2D eigenvalue weighted by atomic mass is 35.5. The summed E-state index contributed by atoms with van der Waals surface area (Å²) in [5.41, 5.74) is 3.56. The van der Waals surface area contributed by atoms with Crippen LogP contribution < -0.4 is 5.43 Å². The van der Waals surface area contributed by atoms with Gasteiger partial charge in [-0.3, -0.25) is 4.79 Å². The van der Waals surface area contributed by atoms with Gasteiger partial charge in [0.2, 0.25) is 0 Å². The molecule has 5 heteroatoms. The molecule has 0 radical (unpaired) electrons. The highest BCUT2D eigenvalue weighted by Crippen LogP contribution is 2.12. The highest BCUT2D eigenvalue weighted by molar-refractivity contribution is 6.30. The topological polar surface area (TPSA) is 61.7 Å². The molecule has 0 fully saturated rings. The average molecular weight is 289 g/mol. The van der Waals surface area contributed by atoms with E-state index in [1.165, 1.54) is 6.21 Å². The molecule has 0 aliphatic heterocycles. The number of nitrogens with zero attached hydrogens (tertiary/aromatic N) is 1. The number of halogens is 1. The molecule has 0 heterocycles. The molecule has 2 rings (SSSR count). The van der Waals surface area contributed by atoms with Crippen molar-refractivity contribution in [3.63, 3.8) is 0 Å². The third-order valence-electron chi connectivity index (χ3n) is 2.60. The molecule has 0 aliphatic rings. The second-order valence-electron chi connectivity index (χ2n) is 4.10. The van der Waals surface area contributed by atoms with Gasteiger partial charge >= 0.3 is 0 Å².